The van der Waals surface area contributed by atoms with Crippen LogP contribution in [0.3, 0.4) is 0 Å². The molecule has 4 aliphatic rings. The van der Waals surface area contributed by atoms with Crippen molar-refractivity contribution in [3.8, 4) is 17.2 Å². The normalized spacial score (nSPS) is 29.0. The van der Waals surface area contributed by atoms with E-state index in [2.05, 4.69) is 0 Å². The number of ether oxygens (including phenoxy) is 2. The van der Waals surface area contributed by atoms with Crippen LogP contribution in [0.15, 0.2) is 72.3 Å². The predicted octanol–water partition coefficient (Wildman–Crippen LogP) is 3.00. The van der Waals surface area contributed by atoms with Crippen molar-refractivity contribution in [1.82, 2.24) is 0 Å². The number of amides is 4. The lowest BCUT2D eigenvalue weighted by Crippen LogP contribution is -2.60. The third-order valence-corrected chi connectivity index (χ3v) is 11.6. The van der Waals surface area contributed by atoms with Gasteiger partial charge >= 0.3 is 7.12 Å². The van der Waals surface area contributed by atoms with E-state index in [1.54, 1.807) is 6.08 Å². The average molecular weight is 709 g/mol. The molecule has 2 saturated heterocycles. The van der Waals surface area contributed by atoms with Crippen LogP contribution in [0.5, 0.6) is 17.2 Å². The first-order valence-corrected chi connectivity index (χ1v) is 16.0. The molecule has 2 aliphatic carbocycles. The summed E-state index contributed by atoms with van der Waals surface area (Å²) in [4.78, 5) is 54.5. The minimum atomic E-state index is -2.30. The molecule has 0 bridgehead atoms. The lowest BCUT2D eigenvalue weighted by atomic mass is 9.56. The van der Waals surface area contributed by atoms with E-state index in [1.165, 1.54) is 62.8 Å². The molecular formula is C34H28BCl2FN2O9. The van der Waals surface area contributed by atoms with Gasteiger partial charge in [-0.15, -0.1) is 23.2 Å². The molecule has 6 unspecified atom stereocenters. The Morgan fingerprint density at radius 3 is 2.24 bits per heavy atom. The van der Waals surface area contributed by atoms with Crippen molar-refractivity contribution >= 4 is 70.8 Å². The number of fused-ring (bicyclic) bond motifs is 4. The summed E-state index contributed by atoms with van der Waals surface area (Å²) in [6.45, 7) is 0. The first-order valence-electron chi connectivity index (χ1n) is 15.3. The second-order valence-corrected chi connectivity index (χ2v) is 13.7. The Balaban J connectivity index is 1.42. The van der Waals surface area contributed by atoms with Crippen LogP contribution in [0, 0.1) is 23.6 Å². The molecular weight excluding hydrogens is 681 g/mol. The molecule has 7 rings (SSSR count). The van der Waals surface area contributed by atoms with Gasteiger partial charge in [0.1, 0.15) is 23.1 Å². The van der Waals surface area contributed by atoms with Crippen LogP contribution in [0.1, 0.15) is 24.3 Å². The summed E-state index contributed by atoms with van der Waals surface area (Å²) in [5.41, 5.74) is 0.609. The summed E-state index contributed by atoms with van der Waals surface area (Å²) < 4.78 is 24.9. The molecule has 49 heavy (non-hydrogen) atoms. The first-order chi connectivity index (χ1) is 23.3. The Bertz CT molecular complexity index is 1980. The van der Waals surface area contributed by atoms with E-state index in [9.17, 15) is 38.7 Å². The van der Waals surface area contributed by atoms with E-state index >= 15 is 0 Å². The van der Waals surface area contributed by atoms with Crippen molar-refractivity contribution in [2.45, 2.75) is 28.5 Å². The van der Waals surface area contributed by atoms with E-state index in [0.29, 0.717) is 5.57 Å². The Labute approximate surface area is 289 Å². The minimum Gasteiger partial charge on any atom is -0.507 e. The first kappa shape index (κ1) is 33.1. The number of benzene rings is 3. The molecule has 0 aromatic heterocycles. The highest BCUT2D eigenvalue weighted by Crippen LogP contribution is 2.67. The smallest absolute Gasteiger partial charge is 0.488 e. The van der Waals surface area contributed by atoms with Crippen molar-refractivity contribution in [2.75, 3.05) is 24.0 Å². The number of nitrogens with zero attached hydrogens (tertiary/aromatic N) is 2. The van der Waals surface area contributed by atoms with E-state index in [-0.39, 0.29) is 52.5 Å². The molecule has 3 aromatic rings. The topological polar surface area (TPSA) is 154 Å². The number of phenols is 1. The number of allylic oxidation sites excluding steroid dienone is 2. The third kappa shape index (κ3) is 4.56. The van der Waals surface area contributed by atoms with Gasteiger partial charge < -0.3 is 24.6 Å². The Hall–Kier alpha value is -4.43. The highest BCUT2D eigenvalue weighted by atomic mass is 35.5. The number of hydrogen-bond acceptors (Lipinski definition) is 9. The number of methoxy groups -OCH3 is 2. The molecule has 11 nitrogen and oxygen atoms in total. The van der Waals surface area contributed by atoms with Crippen LogP contribution in [-0.4, -0.2) is 69.9 Å². The molecule has 252 valence electrons. The maximum absolute atomic E-state index is 14.6. The summed E-state index contributed by atoms with van der Waals surface area (Å²) in [6.07, 6.45) is 1.40. The van der Waals surface area contributed by atoms with Gasteiger partial charge in [0.2, 0.25) is 11.8 Å². The second-order valence-electron chi connectivity index (χ2n) is 12.5. The number of alkyl halides is 2. The predicted molar refractivity (Wildman–Crippen MR) is 177 cm³/mol. The number of carbonyl (C=O) groups is 4. The SMILES string of the molecule is COc1cc(O)c(C2C3=CCC4C(=O)N(c5cccc(B(O)O)c5)C(=O)C4C3CC3(Cl)C(=O)N(c4ccc(F)cc4)C(=O)C23Cl)c(OC)c1. The fourth-order valence-electron chi connectivity index (χ4n) is 7.96. The molecule has 2 heterocycles. The largest absolute Gasteiger partial charge is 0.507 e. The van der Waals surface area contributed by atoms with Gasteiger partial charge in [0.25, 0.3) is 11.8 Å². The van der Waals surface area contributed by atoms with Gasteiger partial charge in [0, 0.05) is 23.6 Å². The van der Waals surface area contributed by atoms with Crippen LogP contribution in [0.25, 0.3) is 0 Å². The third-order valence-electron chi connectivity index (χ3n) is 10.2. The van der Waals surface area contributed by atoms with Gasteiger partial charge in [-0.3, -0.25) is 24.1 Å². The molecule has 0 radical (unpaired) electrons. The number of aromatic hydroxyl groups is 1. The molecule has 3 aromatic carbocycles. The fraction of sp³-hybridized carbons (Fsp3) is 0.294. The Morgan fingerprint density at radius 2 is 1.59 bits per heavy atom. The highest BCUT2D eigenvalue weighted by Gasteiger charge is 2.77. The lowest BCUT2D eigenvalue weighted by Gasteiger charge is -2.50. The van der Waals surface area contributed by atoms with E-state index in [4.69, 9.17) is 32.7 Å². The maximum atomic E-state index is 14.6. The summed E-state index contributed by atoms with van der Waals surface area (Å²) in [7, 11) is 0.864. The average Bonchev–Trinajstić information content (AvgIpc) is 3.42. The fourth-order valence-corrected chi connectivity index (χ4v) is 8.88. The summed E-state index contributed by atoms with van der Waals surface area (Å²) >= 11 is 14.8. The molecule has 2 aliphatic heterocycles. The number of carbonyl (C=O) groups excluding carboxylic acids is 4. The van der Waals surface area contributed by atoms with E-state index in [1.807, 2.05) is 0 Å². The van der Waals surface area contributed by atoms with E-state index < -0.39 is 70.0 Å². The van der Waals surface area contributed by atoms with Crippen LogP contribution in [0.4, 0.5) is 15.8 Å². The van der Waals surface area contributed by atoms with Gasteiger partial charge in [-0.25, -0.2) is 9.29 Å². The zero-order valence-electron chi connectivity index (χ0n) is 26.0. The molecule has 3 fully saturated rings. The number of hydrogen-bond donors (Lipinski definition) is 3. The number of imide groups is 2. The van der Waals surface area contributed by atoms with Crippen LogP contribution >= 0.6 is 23.2 Å². The molecule has 4 amide bonds. The summed E-state index contributed by atoms with van der Waals surface area (Å²) in [5.74, 6) is -7.98. The summed E-state index contributed by atoms with van der Waals surface area (Å²) in [6, 6.07) is 13.1. The second kappa shape index (κ2) is 11.6. The molecule has 15 heteroatoms. The lowest BCUT2D eigenvalue weighted by molar-refractivity contribution is -0.125. The van der Waals surface area contributed by atoms with Crippen LogP contribution in [-0.2, 0) is 19.2 Å². The minimum absolute atomic E-state index is 0.00888. The maximum Gasteiger partial charge on any atom is 0.488 e. The van der Waals surface area contributed by atoms with Crippen molar-refractivity contribution in [1.29, 1.82) is 0 Å². The van der Waals surface area contributed by atoms with Gasteiger partial charge in [-0.1, -0.05) is 23.8 Å². The Kier molecular flexibility index (Phi) is 7.82. The zero-order chi connectivity index (χ0) is 35.2. The summed E-state index contributed by atoms with van der Waals surface area (Å²) in [5, 5.41) is 31.0. The zero-order valence-corrected chi connectivity index (χ0v) is 27.5. The number of phenolic OH excluding ortho intramolecular Hbond substituents is 1. The van der Waals surface area contributed by atoms with Crippen LogP contribution < -0.4 is 24.7 Å². The van der Waals surface area contributed by atoms with Crippen molar-refractivity contribution in [3.05, 3.63) is 83.7 Å². The van der Waals surface area contributed by atoms with Gasteiger partial charge in [0.15, 0.2) is 9.75 Å². The van der Waals surface area contributed by atoms with Crippen LogP contribution in [0.2, 0.25) is 0 Å². The quantitative estimate of drug-likeness (QED) is 0.152. The molecule has 3 N–H and O–H groups in total. The number of halogens is 3. The van der Waals surface area contributed by atoms with Crippen molar-refractivity contribution in [3.63, 3.8) is 0 Å². The standard InChI is InChI=1S/C34H28BCl2FN2O9/c1-48-20-13-24(41)27(25(14-20)49-2)28-21-10-11-22-26(30(43)39(29(22)42)19-5-3-4-16(12-19)35(46)47)23(21)15-33(36)31(44)40(32(45)34(28,33)37)18-8-6-17(38)7-9-18/h3-10,12-14,22-23,26,28,41,46-47H,11,15H2,1-2H3. The monoisotopic (exact) mass is 708 g/mol. The van der Waals surface area contributed by atoms with Gasteiger partial charge in [-0.05, 0) is 60.6 Å². The van der Waals surface area contributed by atoms with Gasteiger partial charge in [-0.2, -0.15) is 0 Å². The van der Waals surface area contributed by atoms with Gasteiger partial charge in [0.05, 0.1) is 37.4 Å². The van der Waals surface area contributed by atoms with Crippen molar-refractivity contribution < 1.29 is 48.2 Å². The van der Waals surface area contributed by atoms with E-state index in [0.717, 1.165) is 21.9 Å². The molecule has 6 atom stereocenters. The Morgan fingerprint density at radius 1 is 0.878 bits per heavy atom. The number of anilines is 2. The highest BCUT2D eigenvalue weighted by molar-refractivity contribution is 6.59. The molecule has 0 spiro atoms. The number of rotatable bonds is 6. The van der Waals surface area contributed by atoms with Crippen molar-refractivity contribution in [2.24, 2.45) is 17.8 Å². The molecule has 1 saturated carbocycles.